The number of carboxylic acids is 1. The Bertz CT molecular complexity index is 364. The molecule has 0 aromatic heterocycles. The average Bonchev–Trinajstić information content (AvgIpc) is 2.15. The lowest BCUT2D eigenvalue weighted by atomic mass is 10.2. The summed E-state index contributed by atoms with van der Waals surface area (Å²) in [6, 6.07) is 4.33. The molecule has 0 fully saturated rings. The second-order valence-corrected chi connectivity index (χ2v) is 3.35. The topological polar surface area (TPSA) is 98.6 Å². The van der Waals surface area contributed by atoms with Crippen LogP contribution in [0.5, 0.6) is 5.75 Å². The van der Waals surface area contributed by atoms with E-state index in [2.05, 4.69) is 0 Å². The number of carboxylic acid groups (broad SMARTS) is 1. The molecule has 5 N–H and O–H groups in total. The van der Waals surface area contributed by atoms with Crippen LogP contribution in [0, 0.1) is 0 Å². The zero-order valence-corrected chi connectivity index (χ0v) is 8.43. The van der Waals surface area contributed by atoms with Gasteiger partial charge in [-0.3, -0.25) is 0 Å². The zero-order chi connectivity index (χ0) is 11.4. The molecule has 0 saturated heterocycles. The molecule has 0 saturated carbocycles. The zero-order valence-electron chi connectivity index (χ0n) is 8.43. The van der Waals surface area contributed by atoms with Crippen LogP contribution in [0.3, 0.4) is 0 Å². The number of anilines is 1. The highest BCUT2D eigenvalue weighted by molar-refractivity contribution is 5.92. The van der Waals surface area contributed by atoms with Crippen LogP contribution in [0.4, 0.5) is 5.69 Å². The third kappa shape index (κ3) is 3.14. The van der Waals surface area contributed by atoms with Gasteiger partial charge in [-0.1, -0.05) is 0 Å². The molecular weight excluding hydrogens is 196 g/mol. The smallest absolute Gasteiger partial charge is 0.339 e. The van der Waals surface area contributed by atoms with Crippen molar-refractivity contribution in [3.05, 3.63) is 23.8 Å². The molecular formula is C10H14N2O3. The first-order valence-corrected chi connectivity index (χ1v) is 4.52. The van der Waals surface area contributed by atoms with Crippen molar-refractivity contribution >= 4 is 11.7 Å². The Hall–Kier alpha value is -1.75. The molecule has 0 aliphatic carbocycles. The minimum atomic E-state index is -1.07. The lowest BCUT2D eigenvalue weighted by Gasteiger charge is -2.11. The molecule has 0 aliphatic rings. The van der Waals surface area contributed by atoms with E-state index in [-0.39, 0.29) is 24.0 Å². The molecule has 0 radical (unpaired) electrons. The lowest BCUT2D eigenvalue weighted by molar-refractivity contribution is 0.0692. The molecule has 5 heteroatoms. The summed E-state index contributed by atoms with van der Waals surface area (Å²) in [5.41, 5.74) is 11.4. The number of benzene rings is 1. The van der Waals surface area contributed by atoms with Gasteiger partial charge in [0.25, 0.3) is 0 Å². The van der Waals surface area contributed by atoms with Gasteiger partial charge in [-0.15, -0.1) is 0 Å². The molecule has 1 aromatic rings. The molecule has 82 valence electrons. The van der Waals surface area contributed by atoms with E-state index < -0.39 is 5.97 Å². The average molecular weight is 210 g/mol. The van der Waals surface area contributed by atoms with Crippen molar-refractivity contribution in [1.29, 1.82) is 0 Å². The minimum Gasteiger partial charge on any atom is -0.491 e. The van der Waals surface area contributed by atoms with Crippen LogP contribution in [0.1, 0.15) is 17.3 Å². The highest BCUT2D eigenvalue weighted by Gasteiger charge is 2.11. The summed E-state index contributed by atoms with van der Waals surface area (Å²) in [7, 11) is 0. The SMILES string of the molecule is CC(N)COc1ccc(N)cc1C(=O)O. The van der Waals surface area contributed by atoms with Crippen LogP contribution < -0.4 is 16.2 Å². The molecule has 0 heterocycles. The van der Waals surface area contributed by atoms with Crippen LogP contribution in [0.15, 0.2) is 18.2 Å². The number of ether oxygens (including phenoxy) is 1. The molecule has 1 aromatic carbocycles. The summed E-state index contributed by atoms with van der Waals surface area (Å²) in [6.45, 7) is 2.04. The first kappa shape index (κ1) is 11.3. The van der Waals surface area contributed by atoms with Crippen LogP contribution in [0.25, 0.3) is 0 Å². The number of nitrogen functional groups attached to an aromatic ring is 1. The van der Waals surface area contributed by atoms with Crippen LogP contribution in [0.2, 0.25) is 0 Å². The Balaban J connectivity index is 2.91. The Morgan fingerprint density at radius 3 is 2.80 bits per heavy atom. The van der Waals surface area contributed by atoms with Crippen molar-refractivity contribution in [3.63, 3.8) is 0 Å². The predicted octanol–water partition coefficient (Wildman–Crippen LogP) is 0.693. The fourth-order valence-electron chi connectivity index (χ4n) is 1.06. The van der Waals surface area contributed by atoms with Gasteiger partial charge in [0, 0.05) is 11.7 Å². The molecule has 1 rings (SSSR count). The summed E-state index contributed by atoms with van der Waals surface area (Å²) in [5.74, 6) is -0.782. The second kappa shape index (κ2) is 4.65. The van der Waals surface area contributed by atoms with Crippen LogP contribution in [-0.4, -0.2) is 23.7 Å². The molecule has 0 amide bonds. The first-order valence-electron chi connectivity index (χ1n) is 4.52. The van der Waals surface area contributed by atoms with Gasteiger partial charge in [-0.25, -0.2) is 4.79 Å². The largest absolute Gasteiger partial charge is 0.491 e. The van der Waals surface area contributed by atoms with Gasteiger partial charge in [-0.2, -0.15) is 0 Å². The van der Waals surface area contributed by atoms with Gasteiger partial charge in [0.15, 0.2) is 0 Å². The highest BCUT2D eigenvalue weighted by Crippen LogP contribution is 2.21. The van der Waals surface area contributed by atoms with E-state index in [1.165, 1.54) is 12.1 Å². The van der Waals surface area contributed by atoms with E-state index in [9.17, 15) is 4.79 Å². The van der Waals surface area contributed by atoms with Crippen molar-refractivity contribution in [1.82, 2.24) is 0 Å². The normalized spacial score (nSPS) is 12.1. The van der Waals surface area contributed by atoms with E-state index >= 15 is 0 Å². The number of carbonyl (C=O) groups is 1. The molecule has 15 heavy (non-hydrogen) atoms. The maximum absolute atomic E-state index is 10.9. The molecule has 0 bridgehead atoms. The number of rotatable bonds is 4. The van der Waals surface area contributed by atoms with Crippen molar-refractivity contribution in [2.75, 3.05) is 12.3 Å². The van der Waals surface area contributed by atoms with Crippen molar-refractivity contribution in [2.24, 2.45) is 5.73 Å². The Labute approximate surface area is 87.6 Å². The summed E-state index contributed by atoms with van der Waals surface area (Å²) >= 11 is 0. The van der Waals surface area contributed by atoms with E-state index in [0.717, 1.165) is 0 Å². The Morgan fingerprint density at radius 1 is 1.60 bits per heavy atom. The lowest BCUT2D eigenvalue weighted by Crippen LogP contribution is -2.24. The predicted molar refractivity (Wildman–Crippen MR) is 57.0 cm³/mol. The summed E-state index contributed by atoms with van der Waals surface area (Å²) in [6.07, 6.45) is 0. The van der Waals surface area contributed by atoms with E-state index in [0.29, 0.717) is 5.69 Å². The number of hydrogen-bond acceptors (Lipinski definition) is 4. The maximum Gasteiger partial charge on any atom is 0.339 e. The van der Waals surface area contributed by atoms with Crippen molar-refractivity contribution in [2.45, 2.75) is 13.0 Å². The molecule has 0 spiro atoms. The van der Waals surface area contributed by atoms with Gasteiger partial charge in [0.1, 0.15) is 17.9 Å². The standard InChI is InChI=1S/C10H14N2O3/c1-6(11)5-15-9-3-2-7(12)4-8(9)10(13)14/h2-4,6H,5,11-12H2,1H3,(H,13,14). The van der Waals surface area contributed by atoms with E-state index in [4.69, 9.17) is 21.3 Å². The summed E-state index contributed by atoms with van der Waals surface area (Å²) in [4.78, 5) is 10.9. The second-order valence-electron chi connectivity index (χ2n) is 3.35. The first-order chi connectivity index (χ1) is 7.00. The summed E-state index contributed by atoms with van der Waals surface area (Å²) < 4.78 is 5.25. The Kier molecular flexibility index (Phi) is 3.51. The Morgan fingerprint density at radius 2 is 2.27 bits per heavy atom. The monoisotopic (exact) mass is 210 g/mol. The van der Waals surface area contributed by atoms with Gasteiger partial charge < -0.3 is 21.3 Å². The van der Waals surface area contributed by atoms with Crippen molar-refractivity contribution < 1.29 is 14.6 Å². The molecule has 1 unspecified atom stereocenters. The van der Waals surface area contributed by atoms with E-state index in [1.54, 1.807) is 13.0 Å². The molecule has 5 nitrogen and oxygen atoms in total. The number of nitrogens with two attached hydrogens (primary N) is 2. The third-order valence-electron chi connectivity index (χ3n) is 1.74. The number of hydrogen-bond donors (Lipinski definition) is 3. The fraction of sp³-hybridized carbons (Fsp3) is 0.300. The fourth-order valence-corrected chi connectivity index (χ4v) is 1.06. The quantitative estimate of drug-likeness (QED) is 0.635. The molecule has 1 atom stereocenters. The van der Waals surface area contributed by atoms with Crippen LogP contribution in [-0.2, 0) is 0 Å². The highest BCUT2D eigenvalue weighted by atomic mass is 16.5. The van der Waals surface area contributed by atoms with Gasteiger partial charge in [-0.05, 0) is 25.1 Å². The molecule has 0 aliphatic heterocycles. The van der Waals surface area contributed by atoms with Gasteiger partial charge in [0.05, 0.1) is 0 Å². The van der Waals surface area contributed by atoms with Gasteiger partial charge in [0.2, 0.25) is 0 Å². The van der Waals surface area contributed by atoms with E-state index in [1.807, 2.05) is 0 Å². The number of aromatic carboxylic acids is 1. The minimum absolute atomic E-state index is 0.0515. The third-order valence-corrected chi connectivity index (χ3v) is 1.74. The van der Waals surface area contributed by atoms with Crippen LogP contribution >= 0.6 is 0 Å². The maximum atomic E-state index is 10.9. The summed E-state index contributed by atoms with van der Waals surface area (Å²) in [5, 5.41) is 8.89. The van der Waals surface area contributed by atoms with Crippen molar-refractivity contribution in [3.8, 4) is 5.75 Å². The van der Waals surface area contributed by atoms with Gasteiger partial charge >= 0.3 is 5.97 Å².